The minimum atomic E-state index is -0.821. The Bertz CT molecular complexity index is 5690. The molecule has 3 N–H and O–H groups in total. The van der Waals surface area contributed by atoms with Crippen LogP contribution < -0.4 is 59.5 Å². The summed E-state index contributed by atoms with van der Waals surface area (Å²) in [6.07, 6.45) is 3.69. The van der Waals surface area contributed by atoms with Crippen LogP contribution in [-0.2, 0) is 72.1 Å². The first-order valence-electron chi connectivity index (χ1n) is 39.4. The number of anilines is 3. The van der Waals surface area contributed by atoms with Gasteiger partial charge in [0.25, 0.3) is 16.7 Å². The Morgan fingerprint density at radius 1 is 0.347 bits per heavy atom. The number of nitrogens with zero attached hydrogens (tertiary/aromatic N) is 11. The number of halogens is 7. The Balaban J connectivity index is 0.000000159. The molecule has 9 aromatic carbocycles. The Kier molecular flexibility index (Phi) is 29.9. The molecule has 0 bridgehead atoms. The third-order valence-corrected chi connectivity index (χ3v) is 21.8. The van der Waals surface area contributed by atoms with E-state index in [9.17, 15) is 69.5 Å². The second-order valence-electron chi connectivity index (χ2n) is 29.6. The lowest BCUT2D eigenvalue weighted by Gasteiger charge is -2.34. The highest BCUT2D eigenvalue weighted by atomic mass is 79.9. The van der Waals surface area contributed by atoms with Crippen LogP contribution in [0.2, 0.25) is 0 Å². The standard InChI is InChI=1S/C31H30F2N4O3.C30H29F2N5O3.C24H24F2N4O3.C7H7Br/c1-22(24-11-6-3-7-12-24)17-37-30(39)28(20-35(31(37)40)19-25-26(32)13-8-14-27(25)33)36-16-15-34(21-29(36)38)18-23-9-4-2-5-10-23;31-24-12-7-13-25(32)23(24)17-35-19-27(29(39)37(30(35)40)18-26(33)22-10-5-2-6-11-22)36-15-14-34(20-28(36)38)16-21-8-3-1-4-9-21;1-16(17-6-3-2-4-7-17)13-30-23(32)21(29-11-10-27-12-22(29)31)15-28(24(30)33)14-18-19(25)8-5-9-20(18)26;8-6-7-4-2-1-3-5-7/h2-14,20,22H,15-19,21H2,1H3;1-13,19,26H,14-18,20,33H2;2-9,15-16,27H,10-14H2,1H3;1-5H,6H2/t22-;26-;16-;/m000./s1. The van der Waals surface area contributed by atoms with Crippen molar-refractivity contribution in [3.05, 3.63) is 403 Å². The summed E-state index contributed by atoms with van der Waals surface area (Å²) in [5.41, 5.74) is 7.35. The molecule has 3 atom stereocenters. The van der Waals surface area contributed by atoms with Crippen LogP contribution in [0.25, 0.3) is 0 Å². The number of rotatable bonds is 23. The van der Waals surface area contributed by atoms with Crippen LogP contribution in [0.4, 0.5) is 43.4 Å². The molecule has 3 aromatic heterocycles. The largest absolute Gasteiger partial charge is 0.331 e. The van der Waals surface area contributed by atoms with Crippen molar-refractivity contribution in [3.8, 4) is 0 Å². The first-order chi connectivity index (χ1) is 58.4. The molecule has 3 fully saturated rings. The SMILES string of the molecule is BrCc1ccccc1.C[C@@H](Cn1c(=O)c(N2CCN(Cc3ccccc3)CC2=O)cn(Cc2c(F)cccc2F)c1=O)c1ccccc1.C[C@@H](Cn1c(=O)c(N2CCNCC2=O)cn(Cc2c(F)cccc2F)c1=O)c1ccccc1.N[C@@H](Cn1c(=O)c(N2CCN(Cc3ccccc3)CC2=O)cn(Cc2c(F)cccc2F)c1=O)c1ccccc1. The summed E-state index contributed by atoms with van der Waals surface area (Å²) in [4.78, 5) is 128. The number of nitrogens with two attached hydrogens (primary N) is 1. The van der Waals surface area contributed by atoms with Crippen molar-refractivity contribution in [2.75, 3.05) is 73.6 Å². The maximum atomic E-state index is 14.5. The summed E-state index contributed by atoms with van der Waals surface area (Å²) in [7, 11) is 0. The van der Waals surface area contributed by atoms with E-state index in [0.717, 1.165) is 91.4 Å². The summed E-state index contributed by atoms with van der Waals surface area (Å²) in [6, 6.07) is 67.2. The molecular formula is C92H90BrF6N13O9. The van der Waals surface area contributed by atoms with Crippen LogP contribution in [0.3, 0.4) is 0 Å². The zero-order valence-electron chi connectivity index (χ0n) is 66.5. The Labute approximate surface area is 701 Å². The zero-order valence-corrected chi connectivity index (χ0v) is 68.1. The minimum Gasteiger partial charge on any atom is -0.322 e. The second-order valence-corrected chi connectivity index (χ2v) is 30.1. The minimum absolute atomic E-state index is 0.0121. The van der Waals surface area contributed by atoms with E-state index < -0.39 is 94.3 Å². The van der Waals surface area contributed by atoms with Crippen LogP contribution in [0.5, 0.6) is 0 Å². The topological polar surface area (TPSA) is 237 Å². The highest BCUT2D eigenvalue weighted by Crippen LogP contribution is 2.25. The zero-order chi connectivity index (χ0) is 85.8. The molecule has 15 rings (SSSR count). The van der Waals surface area contributed by atoms with Crippen molar-refractivity contribution in [1.29, 1.82) is 0 Å². The predicted octanol–water partition coefficient (Wildman–Crippen LogP) is 11.5. The number of hydrogen-bond acceptors (Lipinski definition) is 13. The summed E-state index contributed by atoms with van der Waals surface area (Å²) < 4.78 is 93.0. The molecule has 3 amide bonds. The summed E-state index contributed by atoms with van der Waals surface area (Å²) in [5.74, 6) is -6.15. The molecule has 6 heterocycles. The van der Waals surface area contributed by atoms with Gasteiger partial charge in [-0.2, -0.15) is 0 Å². The number of alkyl halides is 1. The van der Waals surface area contributed by atoms with Gasteiger partial charge in [0, 0.05) is 112 Å². The van der Waals surface area contributed by atoms with Crippen LogP contribution in [-0.4, -0.2) is 114 Å². The van der Waals surface area contributed by atoms with Gasteiger partial charge in [0.05, 0.1) is 45.8 Å². The summed E-state index contributed by atoms with van der Waals surface area (Å²) >= 11 is 3.36. The number of nitrogens with one attached hydrogen (secondary N) is 1. The van der Waals surface area contributed by atoms with Gasteiger partial charge in [-0.15, -0.1) is 0 Å². The maximum absolute atomic E-state index is 14.5. The van der Waals surface area contributed by atoms with E-state index in [1.165, 1.54) is 57.1 Å². The third-order valence-electron chi connectivity index (χ3n) is 21.1. The van der Waals surface area contributed by atoms with Crippen LogP contribution in [0.15, 0.2) is 284 Å². The number of amides is 3. The van der Waals surface area contributed by atoms with E-state index in [2.05, 4.69) is 33.4 Å². The van der Waals surface area contributed by atoms with Crippen molar-refractivity contribution in [2.24, 2.45) is 5.73 Å². The number of carbonyl (C=O) groups excluding carboxylic acids is 3. The van der Waals surface area contributed by atoms with Crippen LogP contribution in [0.1, 0.15) is 81.8 Å². The average molecular weight is 1720 g/mol. The molecule has 0 radical (unpaired) electrons. The molecule has 29 heteroatoms. The van der Waals surface area contributed by atoms with E-state index in [0.29, 0.717) is 38.3 Å². The molecule has 22 nitrogen and oxygen atoms in total. The third kappa shape index (κ3) is 22.1. The number of hydrogen-bond donors (Lipinski definition) is 2. The van der Waals surface area contributed by atoms with Crippen molar-refractivity contribution >= 4 is 50.7 Å². The highest BCUT2D eigenvalue weighted by molar-refractivity contribution is 9.08. The summed E-state index contributed by atoms with van der Waals surface area (Å²) in [5, 5.41) is 3.89. The van der Waals surface area contributed by atoms with Gasteiger partial charge >= 0.3 is 17.1 Å². The number of piperazine rings is 3. The fourth-order valence-corrected chi connectivity index (χ4v) is 14.9. The molecule has 3 saturated heterocycles. The second kappa shape index (κ2) is 41.3. The molecule has 626 valence electrons. The van der Waals surface area contributed by atoms with Gasteiger partial charge in [-0.05, 0) is 81.6 Å². The van der Waals surface area contributed by atoms with Crippen molar-refractivity contribution in [1.82, 2.24) is 42.5 Å². The van der Waals surface area contributed by atoms with Gasteiger partial charge in [0.1, 0.15) is 52.0 Å². The van der Waals surface area contributed by atoms with E-state index in [4.69, 9.17) is 5.73 Å². The van der Waals surface area contributed by atoms with Crippen molar-refractivity contribution < 1.29 is 40.7 Å². The average Bonchev–Trinajstić information content (AvgIpc) is 0.782. The predicted molar refractivity (Wildman–Crippen MR) is 457 cm³/mol. The molecular weight excluding hydrogens is 1620 g/mol. The van der Waals surface area contributed by atoms with E-state index in [1.54, 1.807) is 24.3 Å². The van der Waals surface area contributed by atoms with Gasteiger partial charge in [-0.25, -0.2) is 40.7 Å². The highest BCUT2D eigenvalue weighted by Gasteiger charge is 2.33. The lowest BCUT2D eigenvalue weighted by Crippen LogP contribution is -2.53. The van der Waals surface area contributed by atoms with Crippen molar-refractivity contribution in [3.63, 3.8) is 0 Å². The number of aromatic nitrogens is 6. The Morgan fingerprint density at radius 3 is 0.950 bits per heavy atom. The molecule has 0 aliphatic carbocycles. The molecule has 0 spiro atoms. The Morgan fingerprint density at radius 2 is 0.645 bits per heavy atom. The van der Waals surface area contributed by atoms with Crippen LogP contribution >= 0.6 is 15.9 Å². The van der Waals surface area contributed by atoms with E-state index in [-0.39, 0.29) is 122 Å². The normalized spacial score (nSPS) is 14.5. The first-order valence-corrected chi connectivity index (χ1v) is 40.5. The van der Waals surface area contributed by atoms with Crippen LogP contribution in [0, 0.1) is 34.9 Å². The van der Waals surface area contributed by atoms with Gasteiger partial charge < -0.3 is 25.8 Å². The number of carbonyl (C=O) groups is 3. The first kappa shape index (κ1) is 87.6. The fourth-order valence-electron chi connectivity index (χ4n) is 14.5. The molecule has 121 heavy (non-hydrogen) atoms. The lowest BCUT2D eigenvalue weighted by atomic mass is 10.0. The van der Waals surface area contributed by atoms with Gasteiger partial charge in [-0.3, -0.25) is 66.0 Å². The summed E-state index contributed by atoms with van der Waals surface area (Å²) in [6.45, 7) is 5.93. The Hall–Kier alpha value is -12.7. The fraction of sp³-hybridized carbons (Fsp3) is 0.250. The van der Waals surface area contributed by atoms with Gasteiger partial charge in [0.15, 0.2) is 0 Å². The molecule has 0 saturated carbocycles. The monoisotopic (exact) mass is 1710 g/mol. The number of benzene rings is 9. The van der Waals surface area contributed by atoms with E-state index >= 15 is 0 Å². The molecule has 3 aliphatic heterocycles. The smallest absolute Gasteiger partial charge is 0.322 e. The van der Waals surface area contributed by atoms with Gasteiger partial charge in [0.2, 0.25) is 17.7 Å². The lowest BCUT2D eigenvalue weighted by molar-refractivity contribution is -0.122. The molecule has 12 aromatic rings. The molecule has 0 unspecified atom stereocenters. The quantitative estimate of drug-likeness (QED) is 0.0448. The maximum Gasteiger partial charge on any atom is 0.331 e. The van der Waals surface area contributed by atoms with Crippen molar-refractivity contribution in [2.45, 2.75) is 89.4 Å². The molecule has 3 aliphatic rings. The van der Waals surface area contributed by atoms with Gasteiger partial charge in [-0.1, -0.05) is 230 Å². The van der Waals surface area contributed by atoms with E-state index in [1.807, 2.05) is 169 Å².